The molecule has 0 radical (unpaired) electrons. The van der Waals surface area contributed by atoms with Gasteiger partial charge in [0.2, 0.25) is 0 Å². The second-order valence-corrected chi connectivity index (χ2v) is 4.06. The van der Waals surface area contributed by atoms with Gasteiger partial charge in [-0.05, 0) is 48.0 Å². The van der Waals surface area contributed by atoms with Gasteiger partial charge >= 0.3 is 0 Å². The Labute approximate surface area is 91.7 Å². The van der Waals surface area contributed by atoms with Gasteiger partial charge in [0.15, 0.2) is 5.76 Å². The Morgan fingerprint density at radius 3 is 2.86 bits per heavy atom. The van der Waals surface area contributed by atoms with Gasteiger partial charge in [0.25, 0.3) is 0 Å². The van der Waals surface area contributed by atoms with E-state index in [2.05, 4.69) is 40.4 Å². The first kappa shape index (κ1) is 9.59. The maximum absolute atomic E-state index is 5.41. The molecule has 0 saturated heterocycles. The number of hydrogen-bond acceptors (Lipinski definition) is 1. The standard InChI is InChI=1S/C11H12BrNO/c1-3-13-8(2)7-9(12)11(13)10-5-4-6-14-10/h4-7H,3H2,1-2H3. The third kappa shape index (κ3) is 1.42. The predicted octanol–water partition coefficient (Wildman–Crippen LogP) is 3.84. The third-order valence-corrected chi connectivity index (χ3v) is 2.93. The molecule has 0 bridgehead atoms. The Morgan fingerprint density at radius 2 is 2.29 bits per heavy atom. The summed E-state index contributed by atoms with van der Waals surface area (Å²) >= 11 is 3.55. The van der Waals surface area contributed by atoms with Crippen molar-refractivity contribution < 1.29 is 4.42 Å². The number of furan rings is 1. The first-order valence-corrected chi connectivity index (χ1v) is 5.43. The maximum Gasteiger partial charge on any atom is 0.151 e. The lowest BCUT2D eigenvalue weighted by Gasteiger charge is -2.06. The molecule has 0 aliphatic rings. The Kier molecular flexibility index (Phi) is 2.50. The van der Waals surface area contributed by atoms with Crippen LogP contribution in [0.5, 0.6) is 0 Å². The lowest BCUT2D eigenvalue weighted by atomic mass is 10.3. The molecule has 0 aliphatic carbocycles. The average Bonchev–Trinajstić information content (AvgIpc) is 2.72. The first-order chi connectivity index (χ1) is 6.74. The van der Waals surface area contributed by atoms with Gasteiger partial charge < -0.3 is 8.98 Å². The van der Waals surface area contributed by atoms with Gasteiger partial charge in [-0.15, -0.1) is 0 Å². The highest BCUT2D eigenvalue weighted by Crippen LogP contribution is 2.31. The third-order valence-electron chi connectivity index (χ3n) is 2.33. The molecule has 0 unspecified atom stereocenters. The molecule has 2 aromatic heterocycles. The number of nitrogens with zero attached hydrogens (tertiary/aromatic N) is 1. The van der Waals surface area contributed by atoms with Crippen molar-refractivity contribution in [1.82, 2.24) is 4.57 Å². The lowest BCUT2D eigenvalue weighted by molar-refractivity contribution is 0.572. The minimum absolute atomic E-state index is 0.909. The summed E-state index contributed by atoms with van der Waals surface area (Å²) in [5.41, 5.74) is 2.36. The molecule has 3 heteroatoms. The molecule has 0 aromatic carbocycles. The van der Waals surface area contributed by atoms with Crippen molar-refractivity contribution in [3.05, 3.63) is 34.6 Å². The minimum Gasteiger partial charge on any atom is -0.463 e. The van der Waals surface area contributed by atoms with Crippen molar-refractivity contribution in [2.45, 2.75) is 20.4 Å². The zero-order valence-corrected chi connectivity index (χ0v) is 9.84. The van der Waals surface area contributed by atoms with Crippen LogP contribution in [0, 0.1) is 6.92 Å². The molecule has 2 aromatic rings. The molecule has 0 atom stereocenters. The fraction of sp³-hybridized carbons (Fsp3) is 0.273. The first-order valence-electron chi connectivity index (χ1n) is 4.63. The number of aromatic nitrogens is 1. The largest absolute Gasteiger partial charge is 0.463 e. The average molecular weight is 254 g/mol. The molecular weight excluding hydrogens is 242 g/mol. The Hall–Kier alpha value is -0.960. The SMILES string of the molecule is CCn1c(C)cc(Br)c1-c1ccco1. The molecule has 0 aliphatic heterocycles. The van der Waals surface area contributed by atoms with Crippen molar-refractivity contribution in [1.29, 1.82) is 0 Å². The molecule has 0 spiro atoms. The second kappa shape index (κ2) is 3.65. The van der Waals surface area contributed by atoms with Crippen molar-refractivity contribution in [3.8, 4) is 11.5 Å². The van der Waals surface area contributed by atoms with Gasteiger partial charge in [0.1, 0.15) is 0 Å². The van der Waals surface area contributed by atoms with E-state index in [1.807, 2.05) is 12.1 Å². The van der Waals surface area contributed by atoms with Crippen molar-refractivity contribution in [3.63, 3.8) is 0 Å². The van der Waals surface area contributed by atoms with Gasteiger partial charge in [0, 0.05) is 16.7 Å². The van der Waals surface area contributed by atoms with Crippen LogP contribution in [-0.2, 0) is 6.54 Å². The summed E-state index contributed by atoms with van der Waals surface area (Å²) in [6.45, 7) is 5.18. The molecule has 0 fully saturated rings. The summed E-state index contributed by atoms with van der Waals surface area (Å²) in [6, 6.07) is 6.00. The van der Waals surface area contributed by atoms with Crippen LogP contribution in [0.1, 0.15) is 12.6 Å². The molecule has 74 valence electrons. The summed E-state index contributed by atoms with van der Waals surface area (Å²) in [5.74, 6) is 0.909. The van der Waals surface area contributed by atoms with Crippen LogP contribution in [0.4, 0.5) is 0 Å². The highest BCUT2D eigenvalue weighted by atomic mass is 79.9. The normalized spacial score (nSPS) is 10.8. The van der Waals surface area contributed by atoms with E-state index in [1.54, 1.807) is 6.26 Å². The molecule has 0 saturated carbocycles. The fourth-order valence-electron chi connectivity index (χ4n) is 1.71. The van der Waals surface area contributed by atoms with Crippen LogP contribution in [0.3, 0.4) is 0 Å². The monoisotopic (exact) mass is 253 g/mol. The smallest absolute Gasteiger partial charge is 0.151 e. The van der Waals surface area contributed by atoms with E-state index in [0.717, 1.165) is 22.5 Å². The Morgan fingerprint density at radius 1 is 1.50 bits per heavy atom. The Balaban J connectivity index is 2.62. The number of halogens is 1. The van der Waals surface area contributed by atoms with Gasteiger partial charge in [-0.1, -0.05) is 0 Å². The number of rotatable bonds is 2. The van der Waals surface area contributed by atoms with Gasteiger partial charge in [-0.2, -0.15) is 0 Å². The van der Waals surface area contributed by atoms with E-state index in [9.17, 15) is 0 Å². The van der Waals surface area contributed by atoms with Crippen molar-refractivity contribution in [2.24, 2.45) is 0 Å². The van der Waals surface area contributed by atoms with Crippen LogP contribution in [0.2, 0.25) is 0 Å². The van der Waals surface area contributed by atoms with Gasteiger partial charge in [-0.3, -0.25) is 0 Å². The predicted molar refractivity (Wildman–Crippen MR) is 60.2 cm³/mol. The van der Waals surface area contributed by atoms with E-state index < -0.39 is 0 Å². The fourth-order valence-corrected chi connectivity index (χ4v) is 2.45. The molecular formula is C11H12BrNO. The topological polar surface area (TPSA) is 18.1 Å². The lowest BCUT2D eigenvalue weighted by Crippen LogP contribution is -1.98. The number of aryl methyl sites for hydroxylation is 1. The summed E-state index contributed by atoms with van der Waals surface area (Å²) < 4.78 is 8.72. The zero-order valence-electron chi connectivity index (χ0n) is 8.25. The summed E-state index contributed by atoms with van der Waals surface area (Å²) in [5, 5.41) is 0. The molecule has 2 nitrogen and oxygen atoms in total. The highest BCUT2D eigenvalue weighted by Gasteiger charge is 2.13. The highest BCUT2D eigenvalue weighted by molar-refractivity contribution is 9.10. The molecule has 0 amide bonds. The van der Waals surface area contributed by atoms with Gasteiger partial charge in [0.05, 0.1) is 12.0 Å². The van der Waals surface area contributed by atoms with Crippen molar-refractivity contribution >= 4 is 15.9 Å². The van der Waals surface area contributed by atoms with Crippen LogP contribution < -0.4 is 0 Å². The van der Waals surface area contributed by atoms with E-state index in [-0.39, 0.29) is 0 Å². The van der Waals surface area contributed by atoms with Crippen molar-refractivity contribution in [2.75, 3.05) is 0 Å². The number of hydrogen-bond donors (Lipinski definition) is 0. The molecule has 0 N–H and O–H groups in total. The summed E-state index contributed by atoms with van der Waals surface area (Å²) in [4.78, 5) is 0. The van der Waals surface area contributed by atoms with Crippen LogP contribution in [0.15, 0.2) is 33.4 Å². The van der Waals surface area contributed by atoms with E-state index in [0.29, 0.717) is 0 Å². The summed E-state index contributed by atoms with van der Waals surface area (Å²) in [6.07, 6.45) is 1.70. The van der Waals surface area contributed by atoms with Crippen LogP contribution in [0.25, 0.3) is 11.5 Å². The van der Waals surface area contributed by atoms with Gasteiger partial charge in [-0.25, -0.2) is 0 Å². The zero-order chi connectivity index (χ0) is 10.1. The van der Waals surface area contributed by atoms with Crippen LogP contribution in [-0.4, -0.2) is 4.57 Å². The molecule has 14 heavy (non-hydrogen) atoms. The van der Waals surface area contributed by atoms with E-state index in [4.69, 9.17) is 4.42 Å². The minimum atomic E-state index is 0.909. The van der Waals surface area contributed by atoms with E-state index in [1.165, 1.54) is 5.69 Å². The van der Waals surface area contributed by atoms with Crippen LogP contribution >= 0.6 is 15.9 Å². The second-order valence-electron chi connectivity index (χ2n) is 3.20. The summed E-state index contributed by atoms with van der Waals surface area (Å²) in [7, 11) is 0. The van der Waals surface area contributed by atoms with E-state index >= 15 is 0 Å². The molecule has 2 rings (SSSR count). The quantitative estimate of drug-likeness (QED) is 0.796. The Bertz CT molecular complexity index is 428. The molecule has 2 heterocycles. The maximum atomic E-state index is 5.41.